The third-order valence-electron chi connectivity index (χ3n) is 6.06. The van der Waals surface area contributed by atoms with Crippen LogP contribution in [-0.2, 0) is 0 Å². The van der Waals surface area contributed by atoms with Gasteiger partial charge < -0.3 is 20.6 Å². The molecule has 0 bridgehead atoms. The smallest absolute Gasteiger partial charge is 0.396 e. The summed E-state index contributed by atoms with van der Waals surface area (Å²) in [6, 6.07) is 11.3. The molecule has 1 saturated carbocycles. The molecule has 34 heavy (non-hydrogen) atoms. The first kappa shape index (κ1) is 22.6. The zero-order valence-corrected chi connectivity index (χ0v) is 19.7. The second-order valence-electron chi connectivity index (χ2n) is 8.67. The van der Waals surface area contributed by atoms with Crippen molar-refractivity contribution in [1.82, 2.24) is 15.0 Å². The summed E-state index contributed by atoms with van der Waals surface area (Å²) in [5, 5.41) is 37.8. The minimum Gasteiger partial charge on any atom is -0.396 e. The molecule has 0 radical (unpaired) electrons. The molecule has 0 amide bonds. The van der Waals surface area contributed by atoms with Gasteiger partial charge in [0.1, 0.15) is 22.4 Å². The number of thiazole rings is 1. The normalized spacial score (nSPS) is 22.3. The highest BCUT2D eigenvalue weighted by atomic mass is 32.1. The van der Waals surface area contributed by atoms with Gasteiger partial charge in [-0.1, -0.05) is 17.1 Å². The van der Waals surface area contributed by atoms with E-state index in [9.17, 15) is 15.3 Å². The zero-order valence-electron chi connectivity index (χ0n) is 18.9. The van der Waals surface area contributed by atoms with Gasteiger partial charge in [-0.2, -0.15) is 0 Å². The lowest BCUT2D eigenvalue weighted by atomic mass is 10.1. The second kappa shape index (κ2) is 9.22. The lowest BCUT2D eigenvalue weighted by Gasteiger charge is -2.18. The molecule has 6 N–H and O–H groups in total. The number of aliphatic hydroxyl groups excluding tert-OH is 3. The van der Waals surface area contributed by atoms with Crippen LogP contribution in [0.4, 0.5) is 17.5 Å². The van der Waals surface area contributed by atoms with Crippen LogP contribution in [0.1, 0.15) is 17.8 Å². The summed E-state index contributed by atoms with van der Waals surface area (Å²) in [5.41, 5.74) is 4.29. The van der Waals surface area contributed by atoms with E-state index in [1.54, 1.807) is 11.3 Å². The Morgan fingerprint density at radius 2 is 1.82 bits per heavy atom. The average molecular weight is 480 g/mol. The largest absolute Gasteiger partial charge is 0.396 e. The zero-order chi connectivity index (χ0) is 23.8. The van der Waals surface area contributed by atoms with Crippen LogP contribution in [0.2, 0.25) is 0 Å². The predicted molar refractivity (Wildman–Crippen MR) is 131 cm³/mol. The number of aryl methyl sites for hydroxylation is 2. The van der Waals surface area contributed by atoms with Crippen molar-refractivity contribution in [3.05, 3.63) is 54.0 Å². The molecule has 5 rings (SSSR count). The van der Waals surface area contributed by atoms with E-state index >= 15 is 0 Å². The maximum Gasteiger partial charge on any atom is 0.396 e. The highest BCUT2D eigenvalue weighted by Crippen LogP contribution is 2.35. The van der Waals surface area contributed by atoms with E-state index in [-0.39, 0.29) is 6.61 Å². The Labute approximate surface area is 200 Å². The van der Waals surface area contributed by atoms with Gasteiger partial charge in [-0.05, 0) is 44.5 Å². The summed E-state index contributed by atoms with van der Waals surface area (Å²) in [4.78, 5) is 17.1. The quantitative estimate of drug-likeness (QED) is 0.284. The molecular weight excluding hydrogens is 452 g/mol. The van der Waals surface area contributed by atoms with Crippen molar-refractivity contribution in [2.24, 2.45) is 5.92 Å². The summed E-state index contributed by atoms with van der Waals surface area (Å²) in [6.45, 7) is 3.68. The topological polar surface area (TPSA) is 138 Å². The molecule has 3 heterocycles. The fourth-order valence-corrected chi connectivity index (χ4v) is 5.39. The number of fused-ring (bicyclic) bond motifs is 1. The van der Waals surface area contributed by atoms with E-state index in [0.717, 1.165) is 37.9 Å². The molecule has 4 atom stereocenters. The average Bonchev–Trinajstić information content (AvgIpc) is 3.35. The Hall–Kier alpha value is -3.18. The number of hydrogen-bond acceptors (Lipinski definition) is 9. The summed E-state index contributed by atoms with van der Waals surface area (Å²) in [6.07, 6.45) is 0.235. The van der Waals surface area contributed by atoms with Crippen molar-refractivity contribution in [2.45, 2.75) is 38.5 Å². The standard InChI is InChI=1S/C24H26N6O3S/c1-12-7-15(8-13(2)26-12)27-24-25-10-16(23-29-17-5-3-4-6-19(17)34-23)22(30-24)28-18-9-14(11-31)20(32)21(18)33/h3-8,10,14,18,20-21,31-33H,9,11H2,1-2H3,(H2,25,26,27,28,30)/p+1/t14-,18-,20-,21+/m0/s1. The van der Waals surface area contributed by atoms with Gasteiger partial charge in [-0.3, -0.25) is 4.98 Å². The molecule has 176 valence electrons. The molecule has 0 spiro atoms. The first-order valence-electron chi connectivity index (χ1n) is 11.2. The van der Waals surface area contributed by atoms with Crippen LogP contribution in [0.5, 0.6) is 0 Å². The van der Waals surface area contributed by atoms with Crippen molar-refractivity contribution in [2.75, 3.05) is 17.2 Å². The molecule has 0 saturated heterocycles. The number of anilines is 3. The van der Waals surface area contributed by atoms with E-state index in [2.05, 4.69) is 20.6 Å². The van der Waals surface area contributed by atoms with Gasteiger partial charge in [0.2, 0.25) is 5.82 Å². The van der Waals surface area contributed by atoms with Crippen molar-refractivity contribution >= 4 is 39.0 Å². The number of pyridine rings is 1. The van der Waals surface area contributed by atoms with Gasteiger partial charge in [-0.15, -0.1) is 11.3 Å². The minimum atomic E-state index is -1.02. The Morgan fingerprint density at radius 3 is 2.53 bits per heavy atom. The molecule has 4 aromatic rings. The molecule has 0 aliphatic heterocycles. The second-order valence-corrected chi connectivity index (χ2v) is 9.70. The van der Waals surface area contributed by atoms with E-state index in [4.69, 9.17) is 9.97 Å². The van der Waals surface area contributed by atoms with Crippen LogP contribution in [-0.4, -0.2) is 55.1 Å². The number of nitrogens with zero attached hydrogens (tertiary/aromatic N) is 3. The highest BCUT2D eigenvalue weighted by Gasteiger charge is 2.42. The van der Waals surface area contributed by atoms with E-state index in [1.165, 1.54) is 0 Å². The van der Waals surface area contributed by atoms with Gasteiger partial charge in [0, 0.05) is 23.9 Å². The molecule has 1 fully saturated rings. The molecule has 0 unspecified atom stereocenters. The number of para-hydroxylation sites is 1. The van der Waals surface area contributed by atoms with E-state index in [1.807, 2.05) is 56.4 Å². The monoisotopic (exact) mass is 479 g/mol. The lowest BCUT2D eigenvalue weighted by molar-refractivity contribution is -0.363. The fourth-order valence-electron chi connectivity index (χ4n) is 4.41. The molecule has 1 aromatic carbocycles. The van der Waals surface area contributed by atoms with Crippen LogP contribution < -0.4 is 15.6 Å². The van der Waals surface area contributed by atoms with Crippen LogP contribution in [0, 0.1) is 19.8 Å². The highest BCUT2D eigenvalue weighted by molar-refractivity contribution is 7.21. The van der Waals surface area contributed by atoms with Crippen LogP contribution in [0.15, 0.2) is 42.6 Å². The number of benzene rings is 1. The molecule has 9 nitrogen and oxygen atoms in total. The number of hydrogen-bond donors (Lipinski definition) is 5. The van der Waals surface area contributed by atoms with Crippen molar-refractivity contribution in [1.29, 1.82) is 0 Å². The minimum absolute atomic E-state index is 0.190. The van der Waals surface area contributed by atoms with Gasteiger partial charge in [0.25, 0.3) is 0 Å². The first-order chi connectivity index (χ1) is 16.4. The third-order valence-corrected chi connectivity index (χ3v) is 7.13. The summed E-state index contributed by atoms with van der Waals surface area (Å²) >= 11 is 1.55. The first-order valence-corrected chi connectivity index (χ1v) is 12.0. The summed E-state index contributed by atoms with van der Waals surface area (Å²) < 4.78 is 1.06. The number of H-pyrrole nitrogens is 1. The van der Waals surface area contributed by atoms with Gasteiger partial charge in [-0.25, -0.2) is 15.3 Å². The van der Waals surface area contributed by atoms with Crippen LogP contribution >= 0.6 is 11.3 Å². The van der Waals surface area contributed by atoms with Crippen molar-refractivity contribution < 1.29 is 20.3 Å². The fraction of sp³-hybridized carbons (Fsp3) is 0.333. The number of nitrogens with one attached hydrogen (secondary N) is 3. The van der Waals surface area contributed by atoms with E-state index < -0.39 is 24.2 Å². The Balaban J connectivity index is 1.52. The SMILES string of the molecule is Cc1cc(Nc2nc(N[C@H]3C[C@@H](CO)[C@H](O)[C@@H]3O)c(-c3nc4ccccc4s3)c[nH+]2)cc(C)n1. The lowest BCUT2D eigenvalue weighted by Crippen LogP contribution is -2.36. The molecule has 1 aliphatic rings. The molecule has 3 aromatic heterocycles. The summed E-state index contributed by atoms with van der Waals surface area (Å²) in [7, 11) is 0. The number of aromatic nitrogens is 4. The Kier molecular flexibility index (Phi) is 6.13. The molecule has 1 aliphatic carbocycles. The third kappa shape index (κ3) is 4.45. The maximum atomic E-state index is 10.6. The summed E-state index contributed by atoms with van der Waals surface area (Å²) in [5.74, 6) is 0.635. The Bertz CT molecular complexity index is 1280. The maximum absolute atomic E-state index is 10.6. The van der Waals surface area contributed by atoms with Crippen molar-refractivity contribution in [3.63, 3.8) is 0 Å². The van der Waals surface area contributed by atoms with Gasteiger partial charge in [0.05, 0.1) is 28.6 Å². The van der Waals surface area contributed by atoms with Crippen LogP contribution in [0.25, 0.3) is 20.8 Å². The molecule has 10 heteroatoms. The Morgan fingerprint density at radius 1 is 1.06 bits per heavy atom. The number of aromatic amines is 1. The number of rotatable bonds is 6. The molecular formula is C24H27N6O3S+. The van der Waals surface area contributed by atoms with Gasteiger partial charge in [0.15, 0.2) is 0 Å². The predicted octanol–water partition coefficient (Wildman–Crippen LogP) is 2.44. The van der Waals surface area contributed by atoms with Crippen molar-refractivity contribution in [3.8, 4) is 10.6 Å². The van der Waals surface area contributed by atoms with E-state index in [0.29, 0.717) is 18.2 Å². The van der Waals surface area contributed by atoms with Gasteiger partial charge >= 0.3 is 5.95 Å². The number of aliphatic hydroxyl groups is 3. The van der Waals surface area contributed by atoms with Crippen LogP contribution in [0.3, 0.4) is 0 Å².